The maximum Gasteiger partial charge on any atom is 0.225 e. The summed E-state index contributed by atoms with van der Waals surface area (Å²) < 4.78 is 5.46. The van der Waals surface area contributed by atoms with E-state index in [1.807, 2.05) is 6.07 Å². The van der Waals surface area contributed by atoms with E-state index >= 15 is 0 Å². The molecule has 180 valence electrons. The van der Waals surface area contributed by atoms with Gasteiger partial charge in [0.1, 0.15) is 5.75 Å². The number of fused-ring (bicyclic) bond motifs is 3. The summed E-state index contributed by atoms with van der Waals surface area (Å²) in [5.74, 6) is 4.66. The van der Waals surface area contributed by atoms with Crippen LogP contribution in [-0.2, 0) is 24.1 Å². The molecular weight excluding hydrogens is 422 g/mol. The first-order valence-corrected chi connectivity index (χ1v) is 13.3. The molecule has 0 saturated heterocycles. The summed E-state index contributed by atoms with van der Waals surface area (Å²) in [6.07, 6.45) is 11.5. The number of benzene rings is 1. The molecular formula is C29H37N3O2. The third kappa shape index (κ3) is 4.01. The Morgan fingerprint density at radius 1 is 1.09 bits per heavy atom. The number of aromatic nitrogens is 2. The number of carbonyl (C=O) groups excluding carboxylic acids is 1. The fraction of sp³-hybridized carbons (Fsp3) is 0.621. The summed E-state index contributed by atoms with van der Waals surface area (Å²) in [4.78, 5) is 23.2. The number of carbonyl (C=O) groups is 1. The Morgan fingerprint density at radius 3 is 2.44 bits per heavy atom. The van der Waals surface area contributed by atoms with Crippen LogP contribution in [0.15, 0.2) is 18.2 Å². The minimum Gasteiger partial charge on any atom is -0.497 e. The monoisotopic (exact) mass is 459 g/mol. The van der Waals surface area contributed by atoms with Crippen LogP contribution in [0.3, 0.4) is 0 Å². The summed E-state index contributed by atoms with van der Waals surface area (Å²) in [7, 11) is 1.72. The molecule has 5 aliphatic carbocycles. The Morgan fingerprint density at radius 2 is 1.79 bits per heavy atom. The first-order chi connectivity index (χ1) is 16.4. The van der Waals surface area contributed by atoms with Gasteiger partial charge in [-0.2, -0.15) is 0 Å². The molecule has 1 aromatic carbocycles. The lowest BCUT2D eigenvalue weighted by molar-refractivity contribution is -0.116. The maximum atomic E-state index is 12.8. The van der Waals surface area contributed by atoms with Crippen LogP contribution in [0.25, 0.3) is 11.3 Å². The van der Waals surface area contributed by atoms with E-state index in [2.05, 4.69) is 31.3 Å². The number of rotatable bonds is 6. The number of nitrogens with zero attached hydrogens (tertiary/aromatic N) is 2. The molecule has 7 rings (SSSR count). The van der Waals surface area contributed by atoms with E-state index in [1.54, 1.807) is 7.11 Å². The lowest BCUT2D eigenvalue weighted by Gasteiger charge is -2.57. The van der Waals surface area contributed by atoms with Crippen LogP contribution < -0.4 is 10.1 Å². The third-order valence-corrected chi connectivity index (χ3v) is 8.80. The normalized spacial score (nSPS) is 28.5. The molecule has 1 heterocycles. The smallest absolute Gasteiger partial charge is 0.225 e. The summed E-state index contributed by atoms with van der Waals surface area (Å²) >= 11 is 0. The number of aryl methyl sites for hydroxylation is 2. The van der Waals surface area contributed by atoms with Gasteiger partial charge in [0.05, 0.1) is 24.2 Å². The highest BCUT2D eigenvalue weighted by Gasteiger charge is 2.51. The second kappa shape index (κ2) is 8.35. The van der Waals surface area contributed by atoms with Crippen molar-refractivity contribution in [3.05, 3.63) is 35.2 Å². The van der Waals surface area contributed by atoms with Gasteiger partial charge in [-0.25, -0.2) is 9.97 Å². The molecule has 4 saturated carbocycles. The van der Waals surface area contributed by atoms with Crippen LogP contribution >= 0.6 is 0 Å². The predicted octanol–water partition coefficient (Wildman–Crippen LogP) is 5.99. The molecule has 1 N–H and O–H groups in total. The minimum atomic E-state index is 0.0527. The minimum absolute atomic E-state index is 0.0527. The molecule has 0 aliphatic heterocycles. The van der Waals surface area contributed by atoms with E-state index in [0.717, 1.165) is 65.7 Å². The zero-order valence-corrected chi connectivity index (χ0v) is 20.8. The van der Waals surface area contributed by atoms with Crippen LogP contribution in [0.4, 0.5) is 5.82 Å². The maximum absolute atomic E-state index is 12.8. The van der Waals surface area contributed by atoms with E-state index in [1.165, 1.54) is 49.7 Å². The van der Waals surface area contributed by atoms with Crippen LogP contribution in [0, 0.1) is 29.1 Å². The number of anilines is 1. The van der Waals surface area contributed by atoms with Gasteiger partial charge in [0.15, 0.2) is 5.82 Å². The van der Waals surface area contributed by atoms with Gasteiger partial charge in [-0.1, -0.05) is 13.8 Å². The highest BCUT2D eigenvalue weighted by molar-refractivity contribution is 5.90. The van der Waals surface area contributed by atoms with E-state index < -0.39 is 0 Å². The van der Waals surface area contributed by atoms with Crippen molar-refractivity contribution >= 4 is 11.7 Å². The lowest BCUT2D eigenvalue weighted by atomic mass is 9.48. The molecule has 0 atom stereocenters. The van der Waals surface area contributed by atoms with Crippen molar-refractivity contribution in [1.82, 2.24) is 9.97 Å². The molecule has 1 amide bonds. The lowest BCUT2D eigenvalue weighted by Crippen LogP contribution is -2.47. The highest BCUT2D eigenvalue weighted by atomic mass is 16.5. The van der Waals surface area contributed by atoms with E-state index in [9.17, 15) is 4.79 Å². The molecule has 2 aromatic rings. The Labute approximate surface area is 203 Å². The quantitative estimate of drug-likeness (QED) is 0.576. The summed E-state index contributed by atoms with van der Waals surface area (Å²) in [6, 6.07) is 6.29. The number of ether oxygens (including phenoxy) is 1. The van der Waals surface area contributed by atoms with E-state index in [4.69, 9.17) is 14.7 Å². The van der Waals surface area contributed by atoms with Crippen LogP contribution in [0.2, 0.25) is 0 Å². The van der Waals surface area contributed by atoms with Gasteiger partial charge in [-0.05, 0) is 111 Å². The number of hydrogen-bond donors (Lipinski definition) is 1. The highest BCUT2D eigenvalue weighted by Crippen LogP contribution is 2.61. The molecule has 5 heteroatoms. The molecule has 5 nitrogen and oxygen atoms in total. The Kier molecular flexibility index (Phi) is 5.42. The average molecular weight is 460 g/mol. The molecule has 0 unspecified atom stereocenters. The zero-order chi connectivity index (χ0) is 23.4. The summed E-state index contributed by atoms with van der Waals surface area (Å²) in [6.45, 7) is 4.17. The Bertz CT molecular complexity index is 1090. The molecule has 4 fully saturated rings. The van der Waals surface area contributed by atoms with Crippen molar-refractivity contribution in [3.8, 4) is 17.0 Å². The largest absolute Gasteiger partial charge is 0.497 e. The molecule has 5 aliphatic rings. The van der Waals surface area contributed by atoms with Gasteiger partial charge in [-0.3, -0.25) is 4.79 Å². The van der Waals surface area contributed by atoms with Crippen molar-refractivity contribution in [3.63, 3.8) is 0 Å². The van der Waals surface area contributed by atoms with Gasteiger partial charge >= 0.3 is 0 Å². The fourth-order valence-corrected chi connectivity index (χ4v) is 7.92. The van der Waals surface area contributed by atoms with Gasteiger partial charge in [0, 0.05) is 12.0 Å². The van der Waals surface area contributed by atoms with Gasteiger partial charge in [-0.15, -0.1) is 0 Å². The molecule has 0 spiro atoms. The molecule has 1 aromatic heterocycles. The Hall–Kier alpha value is -2.43. The third-order valence-electron chi connectivity index (χ3n) is 8.80. The first-order valence-electron chi connectivity index (χ1n) is 13.3. The van der Waals surface area contributed by atoms with Crippen LogP contribution in [-0.4, -0.2) is 23.0 Å². The SMILES string of the molecule is COc1ccc2c(c1)CCc1nc(NC(=O)CC(C)C)c(CC34CC5CC(CC(C5)C3)C4)nc1-2. The average Bonchev–Trinajstić information content (AvgIpc) is 2.77. The van der Waals surface area contributed by atoms with Gasteiger partial charge in [0.2, 0.25) is 5.91 Å². The zero-order valence-electron chi connectivity index (χ0n) is 20.8. The second-order valence-electron chi connectivity index (χ2n) is 12.1. The first kappa shape index (κ1) is 22.1. The van der Waals surface area contributed by atoms with Crippen molar-refractivity contribution in [1.29, 1.82) is 0 Å². The van der Waals surface area contributed by atoms with E-state index in [0.29, 0.717) is 17.8 Å². The van der Waals surface area contributed by atoms with E-state index in [-0.39, 0.29) is 5.91 Å². The summed E-state index contributed by atoms with van der Waals surface area (Å²) in [5, 5.41) is 3.18. The predicted molar refractivity (Wildman–Crippen MR) is 134 cm³/mol. The van der Waals surface area contributed by atoms with Crippen LogP contribution in [0.5, 0.6) is 5.75 Å². The molecule has 4 bridgehead atoms. The topological polar surface area (TPSA) is 64.1 Å². The van der Waals surface area contributed by atoms with Crippen molar-refractivity contribution in [2.45, 2.75) is 78.1 Å². The van der Waals surface area contributed by atoms with Crippen LogP contribution in [0.1, 0.15) is 75.7 Å². The van der Waals surface area contributed by atoms with Gasteiger partial charge in [0.25, 0.3) is 0 Å². The number of amides is 1. The fourth-order valence-electron chi connectivity index (χ4n) is 7.92. The van der Waals surface area contributed by atoms with Crippen molar-refractivity contribution < 1.29 is 9.53 Å². The van der Waals surface area contributed by atoms with Crippen molar-refractivity contribution in [2.24, 2.45) is 29.1 Å². The molecule has 34 heavy (non-hydrogen) atoms. The number of hydrogen-bond acceptors (Lipinski definition) is 4. The standard InChI is InChI=1S/C29H37N3O2/c1-17(2)8-26(33)32-28-25(16-29-13-18-9-19(14-29)11-20(10-18)15-29)30-27-23-6-5-22(34-3)12-21(23)4-7-24(27)31-28/h5-6,12,17-20H,4,7-11,13-16H2,1-3H3,(H,31,32,33). The molecule has 0 radical (unpaired) electrons. The van der Waals surface area contributed by atoms with Gasteiger partial charge < -0.3 is 10.1 Å². The van der Waals surface area contributed by atoms with Crippen molar-refractivity contribution in [2.75, 3.05) is 12.4 Å². The summed E-state index contributed by atoms with van der Waals surface area (Å²) in [5.41, 5.74) is 5.80. The Balaban J connectivity index is 1.39. The second-order valence-corrected chi connectivity index (χ2v) is 12.1. The number of nitrogens with one attached hydrogen (secondary N) is 1. The number of methoxy groups -OCH3 is 1.